The van der Waals surface area contributed by atoms with Crippen LogP contribution in [0.3, 0.4) is 0 Å². The van der Waals surface area contributed by atoms with E-state index in [1.165, 1.54) is 42.3 Å². The highest BCUT2D eigenvalue weighted by Crippen LogP contribution is 2.20. The smallest absolute Gasteiger partial charge is 0.411 e. The first-order valence-electron chi connectivity index (χ1n) is 8.69. The second-order valence-corrected chi connectivity index (χ2v) is 6.36. The predicted molar refractivity (Wildman–Crippen MR) is 105 cm³/mol. The molecule has 29 heavy (non-hydrogen) atoms. The molecule has 0 unspecified atom stereocenters. The summed E-state index contributed by atoms with van der Waals surface area (Å²) in [6.07, 6.45) is -0.651. The molecule has 7 nitrogen and oxygen atoms in total. The highest BCUT2D eigenvalue weighted by Gasteiger charge is 2.17. The molecule has 0 aliphatic carbocycles. The van der Waals surface area contributed by atoms with Gasteiger partial charge in [0.15, 0.2) is 6.61 Å². The standard InChI is InChI=1S/C20H20ClFN2O5/c1-3-28-20(27)23-14-7-4-6-13(10-14)19(26)29-12-18(25)24(2)11-15-16(21)8-5-9-17(15)22/h4-10H,3,11-12H2,1-2H3,(H,23,27). The van der Waals surface area contributed by atoms with Gasteiger partial charge in [-0.3, -0.25) is 10.1 Å². The number of hydrogen-bond acceptors (Lipinski definition) is 5. The minimum absolute atomic E-state index is 0.0686. The van der Waals surface area contributed by atoms with E-state index in [0.29, 0.717) is 5.69 Å². The maximum absolute atomic E-state index is 13.8. The summed E-state index contributed by atoms with van der Waals surface area (Å²) in [5, 5.41) is 2.67. The zero-order chi connectivity index (χ0) is 21.4. The van der Waals surface area contributed by atoms with Gasteiger partial charge in [-0.05, 0) is 37.3 Å². The largest absolute Gasteiger partial charge is 0.452 e. The number of nitrogens with one attached hydrogen (secondary N) is 1. The first-order valence-corrected chi connectivity index (χ1v) is 9.07. The average molecular weight is 423 g/mol. The lowest BCUT2D eigenvalue weighted by Crippen LogP contribution is -2.31. The van der Waals surface area contributed by atoms with Crippen LogP contribution in [0.5, 0.6) is 0 Å². The van der Waals surface area contributed by atoms with Gasteiger partial charge in [0.1, 0.15) is 5.82 Å². The summed E-state index contributed by atoms with van der Waals surface area (Å²) >= 11 is 5.95. The van der Waals surface area contributed by atoms with Crippen molar-refractivity contribution < 1.29 is 28.2 Å². The highest BCUT2D eigenvalue weighted by molar-refractivity contribution is 6.31. The molecule has 0 saturated heterocycles. The van der Waals surface area contributed by atoms with Gasteiger partial charge in [0.25, 0.3) is 5.91 Å². The third-order valence-corrected chi connectivity index (χ3v) is 4.18. The molecular weight excluding hydrogens is 403 g/mol. The van der Waals surface area contributed by atoms with E-state index in [2.05, 4.69) is 5.32 Å². The number of anilines is 1. The van der Waals surface area contributed by atoms with Crippen molar-refractivity contribution >= 4 is 35.3 Å². The fourth-order valence-corrected chi connectivity index (χ4v) is 2.56. The number of ether oxygens (including phenoxy) is 2. The molecule has 9 heteroatoms. The van der Waals surface area contributed by atoms with E-state index < -0.39 is 30.4 Å². The third-order valence-electron chi connectivity index (χ3n) is 3.83. The molecule has 2 aromatic carbocycles. The van der Waals surface area contributed by atoms with E-state index in [4.69, 9.17) is 21.1 Å². The summed E-state index contributed by atoms with van der Waals surface area (Å²) in [4.78, 5) is 37.0. The van der Waals surface area contributed by atoms with Crippen molar-refractivity contribution in [2.75, 3.05) is 25.6 Å². The molecule has 0 aliphatic heterocycles. The molecule has 0 bridgehead atoms. The van der Waals surface area contributed by atoms with Gasteiger partial charge in [-0.2, -0.15) is 0 Å². The van der Waals surface area contributed by atoms with E-state index in [1.807, 2.05) is 0 Å². The Labute approximate surface area is 172 Å². The molecule has 0 spiro atoms. The van der Waals surface area contributed by atoms with Crippen LogP contribution in [-0.2, 0) is 20.8 Å². The number of amides is 2. The summed E-state index contributed by atoms with van der Waals surface area (Å²) < 4.78 is 23.6. The fourth-order valence-electron chi connectivity index (χ4n) is 2.34. The normalized spacial score (nSPS) is 10.2. The van der Waals surface area contributed by atoms with Crippen molar-refractivity contribution in [3.63, 3.8) is 0 Å². The highest BCUT2D eigenvalue weighted by atomic mass is 35.5. The van der Waals surface area contributed by atoms with Gasteiger partial charge >= 0.3 is 12.1 Å². The molecule has 0 heterocycles. The lowest BCUT2D eigenvalue weighted by Gasteiger charge is -2.18. The van der Waals surface area contributed by atoms with E-state index in [-0.39, 0.29) is 29.3 Å². The molecule has 0 radical (unpaired) electrons. The molecular formula is C20H20ClFN2O5. The van der Waals surface area contributed by atoms with E-state index >= 15 is 0 Å². The number of carbonyl (C=O) groups excluding carboxylic acids is 3. The Morgan fingerprint density at radius 1 is 1.14 bits per heavy atom. The fraction of sp³-hybridized carbons (Fsp3) is 0.250. The predicted octanol–water partition coefficient (Wildman–Crippen LogP) is 3.86. The summed E-state index contributed by atoms with van der Waals surface area (Å²) in [6, 6.07) is 10.2. The number of carbonyl (C=O) groups is 3. The first kappa shape index (κ1) is 22.2. The van der Waals surface area contributed by atoms with Crippen LogP contribution in [0.1, 0.15) is 22.8 Å². The quantitative estimate of drug-likeness (QED) is 0.685. The molecule has 0 aromatic heterocycles. The van der Waals surface area contributed by atoms with Gasteiger partial charge in [-0.25, -0.2) is 14.0 Å². The maximum atomic E-state index is 13.8. The van der Waals surface area contributed by atoms with Crippen LogP contribution in [0.4, 0.5) is 14.9 Å². The van der Waals surface area contributed by atoms with Crippen molar-refractivity contribution in [1.82, 2.24) is 4.90 Å². The Hall–Kier alpha value is -3.13. The van der Waals surface area contributed by atoms with Crippen LogP contribution in [0, 0.1) is 5.82 Å². The van der Waals surface area contributed by atoms with Gasteiger partial charge < -0.3 is 14.4 Å². The number of halogens is 2. The monoisotopic (exact) mass is 422 g/mol. The van der Waals surface area contributed by atoms with Crippen LogP contribution in [-0.4, -0.2) is 43.1 Å². The molecule has 0 aliphatic rings. The molecule has 2 aromatic rings. The summed E-state index contributed by atoms with van der Waals surface area (Å²) in [5.74, 6) is -1.80. The van der Waals surface area contributed by atoms with Crippen molar-refractivity contribution in [2.24, 2.45) is 0 Å². The molecule has 0 fully saturated rings. The Bertz CT molecular complexity index is 886. The molecule has 2 amide bonds. The van der Waals surface area contributed by atoms with Crippen LogP contribution in [0.15, 0.2) is 42.5 Å². The summed E-state index contributed by atoms with van der Waals surface area (Å²) in [5.41, 5.74) is 0.663. The van der Waals surface area contributed by atoms with Gasteiger partial charge in [-0.1, -0.05) is 23.7 Å². The van der Waals surface area contributed by atoms with Crippen LogP contribution in [0.25, 0.3) is 0 Å². The Morgan fingerprint density at radius 2 is 1.86 bits per heavy atom. The Kier molecular flexibility index (Phi) is 7.97. The number of esters is 1. The van der Waals surface area contributed by atoms with Gasteiger partial charge in [0, 0.05) is 29.9 Å². The molecule has 0 atom stereocenters. The maximum Gasteiger partial charge on any atom is 0.411 e. The topological polar surface area (TPSA) is 84.9 Å². The Morgan fingerprint density at radius 3 is 2.55 bits per heavy atom. The number of benzene rings is 2. The van der Waals surface area contributed by atoms with Gasteiger partial charge in [0.2, 0.25) is 0 Å². The van der Waals surface area contributed by atoms with Crippen molar-refractivity contribution in [2.45, 2.75) is 13.5 Å². The number of rotatable bonds is 7. The Balaban J connectivity index is 1.92. The number of likely N-dealkylation sites (N-methyl/N-ethyl adjacent to an activating group) is 1. The molecule has 154 valence electrons. The lowest BCUT2D eigenvalue weighted by atomic mass is 10.2. The zero-order valence-corrected chi connectivity index (χ0v) is 16.7. The molecule has 1 N–H and O–H groups in total. The van der Waals surface area contributed by atoms with Gasteiger partial charge in [0.05, 0.1) is 12.2 Å². The SMILES string of the molecule is CCOC(=O)Nc1cccc(C(=O)OCC(=O)N(C)Cc2c(F)cccc2Cl)c1. The minimum atomic E-state index is -0.747. The molecule has 2 rings (SSSR count). The second kappa shape index (κ2) is 10.4. The average Bonchev–Trinajstić information content (AvgIpc) is 2.69. The summed E-state index contributed by atoms with van der Waals surface area (Å²) in [6.45, 7) is 1.28. The van der Waals surface area contributed by atoms with Crippen LogP contribution < -0.4 is 5.32 Å². The van der Waals surface area contributed by atoms with E-state index in [1.54, 1.807) is 19.1 Å². The number of hydrogen-bond donors (Lipinski definition) is 1. The van der Waals surface area contributed by atoms with Crippen LogP contribution >= 0.6 is 11.6 Å². The van der Waals surface area contributed by atoms with E-state index in [0.717, 1.165) is 0 Å². The number of nitrogens with zero attached hydrogens (tertiary/aromatic N) is 1. The first-order chi connectivity index (χ1) is 13.8. The van der Waals surface area contributed by atoms with Crippen molar-refractivity contribution in [3.05, 3.63) is 64.4 Å². The van der Waals surface area contributed by atoms with Crippen molar-refractivity contribution in [1.29, 1.82) is 0 Å². The third kappa shape index (κ3) is 6.46. The van der Waals surface area contributed by atoms with Crippen LogP contribution in [0.2, 0.25) is 5.02 Å². The van der Waals surface area contributed by atoms with Gasteiger partial charge in [-0.15, -0.1) is 0 Å². The van der Waals surface area contributed by atoms with Crippen molar-refractivity contribution in [3.8, 4) is 0 Å². The summed E-state index contributed by atoms with van der Waals surface area (Å²) in [7, 11) is 1.45. The lowest BCUT2D eigenvalue weighted by molar-refractivity contribution is -0.133. The zero-order valence-electron chi connectivity index (χ0n) is 15.9. The minimum Gasteiger partial charge on any atom is -0.452 e. The molecule has 0 saturated carbocycles. The second-order valence-electron chi connectivity index (χ2n) is 5.95. The van der Waals surface area contributed by atoms with E-state index in [9.17, 15) is 18.8 Å².